The van der Waals surface area contributed by atoms with Crippen molar-refractivity contribution in [2.75, 3.05) is 0 Å². The Morgan fingerprint density at radius 2 is 1.93 bits per heavy atom. The highest BCUT2D eigenvalue weighted by atomic mass is 35.5. The number of nitrogens with one attached hydrogen (secondary N) is 1. The minimum atomic E-state index is -0.190. The fourth-order valence-electron chi connectivity index (χ4n) is 3.65. The van der Waals surface area contributed by atoms with Crippen molar-refractivity contribution in [1.82, 2.24) is 20.1 Å². The molecule has 3 aromatic rings. The number of nitrogens with zero attached hydrogens (tertiary/aromatic N) is 3. The fourth-order valence-corrected chi connectivity index (χ4v) is 3.81. The Bertz CT molecular complexity index is 925. The topological polar surface area (TPSA) is 59.8 Å². The zero-order valence-electron chi connectivity index (χ0n) is 14.9. The van der Waals surface area contributed by atoms with E-state index in [1.54, 1.807) is 18.3 Å². The van der Waals surface area contributed by atoms with Gasteiger partial charge >= 0.3 is 0 Å². The smallest absolute Gasteiger partial charge is 0.270 e. The van der Waals surface area contributed by atoms with E-state index in [-0.39, 0.29) is 18.0 Å². The van der Waals surface area contributed by atoms with Gasteiger partial charge in [0.1, 0.15) is 5.69 Å². The lowest BCUT2D eigenvalue weighted by molar-refractivity contribution is 0.0900. The normalized spacial score (nSPS) is 19.6. The van der Waals surface area contributed by atoms with Crippen LogP contribution in [0.25, 0.3) is 11.3 Å². The van der Waals surface area contributed by atoms with Crippen LogP contribution in [-0.4, -0.2) is 26.7 Å². The molecule has 0 spiro atoms. The summed E-state index contributed by atoms with van der Waals surface area (Å²) in [6.07, 6.45) is 7.70. The first-order valence-electron chi connectivity index (χ1n) is 9.24. The largest absolute Gasteiger partial charge is 0.346 e. The SMILES string of the molecule is O=C(N[C@@H]1CCCC[C@H]1n1ccc(-c2ccccc2)n1)c1cc(Cl)ccn1. The van der Waals surface area contributed by atoms with Crippen molar-refractivity contribution in [3.63, 3.8) is 0 Å². The first-order chi connectivity index (χ1) is 13.2. The minimum absolute atomic E-state index is 0.0237. The van der Waals surface area contributed by atoms with E-state index in [2.05, 4.69) is 22.4 Å². The first-order valence-corrected chi connectivity index (χ1v) is 9.61. The molecule has 1 aliphatic rings. The van der Waals surface area contributed by atoms with Crippen molar-refractivity contribution in [3.05, 3.63) is 71.6 Å². The van der Waals surface area contributed by atoms with E-state index in [4.69, 9.17) is 16.7 Å². The summed E-state index contributed by atoms with van der Waals surface area (Å²) in [6, 6.07) is 15.6. The number of aromatic nitrogens is 3. The molecule has 0 saturated heterocycles. The quantitative estimate of drug-likeness (QED) is 0.724. The van der Waals surface area contributed by atoms with Crippen molar-refractivity contribution in [2.24, 2.45) is 0 Å². The molecule has 2 aromatic heterocycles. The van der Waals surface area contributed by atoms with E-state index in [1.165, 1.54) is 0 Å². The Morgan fingerprint density at radius 3 is 2.74 bits per heavy atom. The third-order valence-electron chi connectivity index (χ3n) is 5.02. The van der Waals surface area contributed by atoms with Gasteiger partial charge in [-0.1, -0.05) is 54.8 Å². The molecule has 6 heteroatoms. The van der Waals surface area contributed by atoms with Crippen LogP contribution in [0.2, 0.25) is 5.02 Å². The number of hydrogen-bond acceptors (Lipinski definition) is 3. The molecule has 1 amide bonds. The lowest BCUT2D eigenvalue weighted by Gasteiger charge is -2.32. The summed E-state index contributed by atoms with van der Waals surface area (Å²) in [4.78, 5) is 16.7. The molecular formula is C21H21ClN4O. The van der Waals surface area contributed by atoms with E-state index in [0.29, 0.717) is 10.7 Å². The zero-order valence-corrected chi connectivity index (χ0v) is 15.6. The van der Waals surface area contributed by atoms with Crippen LogP contribution in [0.15, 0.2) is 60.9 Å². The maximum absolute atomic E-state index is 12.6. The third-order valence-corrected chi connectivity index (χ3v) is 5.25. The predicted octanol–water partition coefficient (Wildman–Crippen LogP) is 4.51. The van der Waals surface area contributed by atoms with E-state index in [1.807, 2.05) is 35.1 Å². The number of carbonyl (C=O) groups is 1. The average Bonchev–Trinajstić information content (AvgIpc) is 3.19. The van der Waals surface area contributed by atoms with E-state index in [9.17, 15) is 4.79 Å². The molecule has 0 bridgehead atoms. The number of carbonyl (C=O) groups excluding carboxylic acids is 1. The molecule has 2 atom stereocenters. The van der Waals surface area contributed by atoms with Crippen LogP contribution in [0.3, 0.4) is 0 Å². The van der Waals surface area contributed by atoms with Gasteiger partial charge in [0.15, 0.2) is 0 Å². The van der Waals surface area contributed by atoms with Crippen LogP contribution in [-0.2, 0) is 0 Å². The van der Waals surface area contributed by atoms with Gasteiger partial charge in [-0.2, -0.15) is 5.10 Å². The summed E-state index contributed by atoms with van der Waals surface area (Å²) >= 11 is 5.98. The molecule has 1 saturated carbocycles. The highest BCUT2D eigenvalue weighted by Gasteiger charge is 2.29. The molecule has 27 heavy (non-hydrogen) atoms. The third kappa shape index (κ3) is 4.03. The standard InChI is InChI=1S/C21H21ClN4O/c22-16-10-12-23-19(14-16)21(27)24-18-8-4-5-9-20(18)26-13-11-17(25-26)15-6-2-1-3-7-15/h1-3,6-7,10-14,18,20H,4-5,8-9H2,(H,24,27)/t18-,20-/m1/s1. The van der Waals surface area contributed by atoms with E-state index in [0.717, 1.165) is 36.9 Å². The van der Waals surface area contributed by atoms with Crippen molar-refractivity contribution in [3.8, 4) is 11.3 Å². The summed E-state index contributed by atoms with van der Waals surface area (Å²) in [5.74, 6) is -0.190. The van der Waals surface area contributed by atoms with Gasteiger partial charge in [0.05, 0.1) is 17.8 Å². The number of pyridine rings is 1. The molecule has 1 aromatic carbocycles. The Hall–Kier alpha value is -2.66. The molecule has 0 radical (unpaired) electrons. The van der Waals surface area contributed by atoms with Gasteiger partial charge in [-0.05, 0) is 31.0 Å². The number of hydrogen-bond donors (Lipinski definition) is 1. The lowest BCUT2D eigenvalue weighted by Crippen LogP contribution is -2.43. The van der Waals surface area contributed by atoms with Crippen molar-refractivity contribution < 1.29 is 4.79 Å². The van der Waals surface area contributed by atoms with Crippen molar-refractivity contribution in [2.45, 2.75) is 37.8 Å². The van der Waals surface area contributed by atoms with Gasteiger partial charge < -0.3 is 5.32 Å². The van der Waals surface area contributed by atoms with Crippen molar-refractivity contribution >= 4 is 17.5 Å². The van der Waals surface area contributed by atoms with Gasteiger partial charge in [-0.25, -0.2) is 0 Å². The van der Waals surface area contributed by atoms with Crippen molar-refractivity contribution in [1.29, 1.82) is 0 Å². The molecule has 1 aliphatic carbocycles. The fraction of sp³-hybridized carbons (Fsp3) is 0.286. The molecule has 1 fully saturated rings. The Balaban J connectivity index is 1.53. The van der Waals surface area contributed by atoms with Gasteiger partial charge in [-0.3, -0.25) is 14.5 Å². The van der Waals surface area contributed by atoms with Crippen LogP contribution in [0.5, 0.6) is 0 Å². The van der Waals surface area contributed by atoms with Gasteiger partial charge in [0.25, 0.3) is 5.91 Å². The van der Waals surface area contributed by atoms with Crippen LogP contribution in [0, 0.1) is 0 Å². The lowest BCUT2D eigenvalue weighted by atomic mass is 9.90. The highest BCUT2D eigenvalue weighted by Crippen LogP contribution is 2.30. The van der Waals surface area contributed by atoms with Gasteiger partial charge in [0, 0.05) is 23.0 Å². The first kappa shape index (κ1) is 17.7. The molecule has 4 rings (SSSR count). The van der Waals surface area contributed by atoms with E-state index >= 15 is 0 Å². The Kier molecular flexibility index (Phi) is 5.21. The van der Waals surface area contributed by atoms with Crippen LogP contribution in [0.1, 0.15) is 42.2 Å². The molecular weight excluding hydrogens is 360 g/mol. The summed E-state index contributed by atoms with van der Waals surface area (Å²) in [5, 5.41) is 8.43. The van der Waals surface area contributed by atoms with Gasteiger partial charge in [-0.15, -0.1) is 0 Å². The number of amides is 1. The monoisotopic (exact) mass is 380 g/mol. The molecule has 0 unspecified atom stereocenters. The maximum atomic E-state index is 12.6. The molecule has 138 valence electrons. The second-order valence-electron chi connectivity index (χ2n) is 6.84. The number of rotatable bonds is 4. The molecule has 2 heterocycles. The Labute approximate surface area is 163 Å². The van der Waals surface area contributed by atoms with Crippen LogP contribution in [0.4, 0.5) is 0 Å². The maximum Gasteiger partial charge on any atom is 0.270 e. The average molecular weight is 381 g/mol. The van der Waals surface area contributed by atoms with Crippen LogP contribution < -0.4 is 5.32 Å². The number of benzene rings is 1. The van der Waals surface area contributed by atoms with E-state index < -0.39 is 0 Å². The summed E-state index contributed by atoms with van der Waals surface area (Å²) in [5.41, 5.74) is 2.38. The van der Waals surface area contributed by atoms with Gasteiger partial charge in [0.2, 0.25) is 0 Å². The molecule has 1 N–H and O–H groups in total. The summed E-state index contributed by atoms with van der Waals surface area (Å²) in [6.45, 7) is 0. The second-order valence-corrected chi connectivity index (χ2v) is 7.27. The molecule has 0 aliphatic heterocycles. The van der Waals surface area contributed by atoms with Crippen LogP contribution >= 0.6 is 11.6 Å². The highest BCUT2D eigenvalue weighted by molar-refractivity contribution is 6.30. The molecule has 5 nitrogen and oxygen atoms in total. The summed E-state index contributed by atoms with van der Waals surface area (Å²) in [7, 11) is 0. The second kappa shape index (κ2) is 7.92. The Morgan fingerprint density at radius 1 is 1.11 bits per heavy atom. The minimum Gasteiger partial charge on any atom is -0.346 e. The zero-order chi connectivity index (χ0) is 18.6. The predicted molar refractivity (Wildman–Crippen MR) is 106 cm³/mol. The summed E-state index contributed by atoms with van der Waals surface area (Å²) < 4.78 is 2.00. The number of halogens is 1.